The maximum atomic E-state index is 13.0. The van der Waals surface area contributed by atoms with Crippen LogP contribution >= 0.6 is 11.6 Å². The summed E-state index contributed by atoms with van der Waals surface area (Å²) in [5.74, 6) is 0.946. The third-order valence-electron chi connectivity index (χ3n) is 6.13. The van der Waals surface area contributed by atoms with Crippen LogP contribution in [0.4, 0.5) is 5.95 Å². The number of benzene rings is 2. The minimum Gasteiger partial charge on any atom is -0.333 e. The van der Waals surface area contributed by atoms with E-state index in [1.807, 2.05) is 66.2 Å². The Bertz CT molecular complexity index is 1180. The van der Waals surface area contributed by atoms with E-state index in [4.69, 9.17) is 16.6 Å². The average molecular weight is 463 g/mol. The molecule has 1 N–H and O–H groups in total. The highest BCUT2D eigenvalue weighted by atomic mass is 35.5. The van der Waals surface area contributed by atoms with Crippen molar-refractivity contribution >= 4 is 29.4 Å². The Balaban J connectivity index is 1.41. The van der Waals surface area contributed by atoms with Crippen LogP contribution in [0.15, 0.2) is 54.7 Å². The summed E-state index contributed by atoms with van der Waals surface area (Å²) in [5, 5.41) is 3.62. The first kappa shape index (κ1) is 21.7. The minimum atomic E-state index is -0.230. The summed E-state index contributed by atoms with van der Waals surface area (Å²) in [6.45, 7) is 2.76. The zero-order valence-corrected chi connectivity index (χ0v) is 19.4. The first-order valence-corrected chi connectivity index (χ1v) is 11.8. The van der Waals surface area contributed by atoms with Crippen molar-refractivity contribution in [3.8, 4) is 16.9 Å². The number of nitrogens with one attached hydrogen (secondary N) is 1. The summed E-state index contributed by atoms with van der Waals surface area (Å²) in [6, 6.07) is 15.5. The van der Waals surface area contributed by atoms with Crippen LogP contribution in [0.1, 0.15) is 31.2 Å². The van der Waals surface area contributed by atoms with Crippen LogP contribution in [0.5, 0.6) is 0 Å². The van der Waals surface area contributed by atoms with E-state index in [0.29, 0.717) is 23.4 Å². The molecule has 3 aromatic rings. The second-order valence-corrected chi connectivity index (χ2v) is 9.59. The van der Waals surface area contributed by atoms with Crippen molar-refractivity contribution in [2.24, 2.45) is 11.8 Å². The first-order chi connectivity index (χ1) is 16.0. The van der Waals surface area contributed by atoms with Crippen molar-refractivity contribution in [2.45, 2.75) is 32.6 Å². The number of carbonyl (C=O) groups is 2. The largest absolute Gasteiger partial charge is 0.333 e. The van der Waals surface area contributed by atoms with Crippen LogP contribution in [0, 0.1) is 18.8 Å². The van der Waals surface area contributed by atoms with E-state index >= 15 is 0 Å². The molecule has 170 valence electrons. The smallest absolute Gasteiger partial charge is 0.246 e. The van der Waals surface area contributed by atoms with Crippen molar-refractivity contribution in [1.29, 1.82) is 0 Å². The number of aryl methyl sites for hydroxylation is 1. The quantitative estimate of drug-likeness (QED) is 0.507. The summed E-state index contributed by atoms with van der Waals surface area (Å²) in [7, 11) is 0. The molecule has 0 atom stereocenters. The maximum Gasteiger partial charge on any atom is 0.246 e. The number of rotatable bonds is 8. The Morgan fingerprint density at radius 1 is 1.12 bits per heavy atom. The molecule has 2 aromatic carbocycles. The average Bonchev–Trinajstić information content (AvgIpc) is 3.72. The summed E-state index contributed by atoms with van der Waals surface area (Å²) in [5.41, 5.74) is 3.65. The molecule has 0 spiro atoms. The number of anilines is 1. The third kappa shape index (κ3) is 5.28. The lowest BCUT2D eigenvalue weighted by Crippen LogP contribution is -2.40. The van der Waals surface area contributed by atoms with Crippen molar-refractivity contribution in [1.82, 2.24) is 14.5 Å². The topological polar surface area (TPSA) is 67.2 Å². The molecule has 2 aliphatic carbocycles. The number of imidazole rings is 1. The van der Waals surface area contributed by atoms with Gasteiger partial charge in [0.2, 0.25) is 17.8 Å². The van der Waals surface area contributed by atoms with Crippen molar-refractivity contribution in [3.05, 3.63) is 65.3 Å². The van der Waals surface area contributed by atoms with Gasteiger partial charge in [-0.3, -0.25) is 19.5 Å². The zero-order valence-electron chi connectivity index (χ0n) is 18.6. The van der Waals surface area contributed by atoms with Gasteiger partial charge in [-0.15, -0.1) is 0 Å². The number of hydrogen-bond acceptors (Lipinski definition) is 3. The second-order valence-electron chi connectivity index (χ2n) is 9.15. The number of halogens is 1. The van der Waals surface area contributed by atoms with Crippen molar-refractivity contribution in [2.75, 3.05) is 18.4 Å². The Hall–Kier alpha value is -3.12. The van der Waals surface area contributed by atoms with Gasteiger partial charge in [0.05, 0.1) is 12.2 Å². The number of aromatic nitrogens is 2. The van der Waals surface area contributed by atoms with Crippen LogP contribution in [0.3, 0.4) is 0 Å². The van der Waals surface area contributed by atoms with Crippen molar-refractivity contribution < 1.29 is 9.59 Å². The SMILES string of the molecule is Cc1cccc(-n2cc(-c3ccc(Cl)cc3)nc2NC(=O)CN(CC2CC2)C(=O)C2CC2)c1. The summed E-state index contributed by atoms with van der Waals surface area (Å²) >= 11 is 6.04. The van der Waals surface area contributed by atoms with E-state index < -0.39 is 0 Å². The molecule has 0 aliphatic heterocycles. The van der Waals surface area contributed by atoms with Crippen LogP contribution < -0.4 is 5.32 Å². The molecular formula is C26H27ClN4O2. The fraction of sp³-hybridized carbons (Fsp3) is 0.346. The zero-order chi connectivity index (χ0) is 22.9. The highest BCUT2D eigenvalue weighted by molar-refractivity contribution is 6.30. The number of nitrogens with zero attached hydrogens (tertiary/aromatic N) is 3. The van der Waals surface area contributed by atoms with Crippen LogP contribution in [-0.2, 0) is 9.59 Å². The van der Waals surface area contributed by atoms with E-state index in [2.05, 4.69) is 5.32 Å². The molecule has 0 saturated heterocycles. The van der Waals surface area contributed by atoms with Crippen LogP contribution in [0.25, 0.3) is 16.9 Å². The molecule has 0 unspecified atom stereocenters. The van der Waals surface area contributed by atoms with E-state index in [1.165, 1.54) is 0 Å². The minimum absolute atomic E-state index is 0.0583. The predicted octanol–water partition coefficient (Wildman–Crippen LogP) is 5.09. The van der Waals surface area contributed by atoms with Crippen molar-refractivity contribution in [3.63, 3.8) is 0 Å². The van der Waals surface area contributed by atoms with Crippen LogP contribution in [0.2, 0.25) is 5.02 Å². The molecule has 2 amide bonds. The lowest BCUT2D eigenvalue weighted by molar-refractivity contribution is -0.136. The third-order valence-corrected chi connectivity index (χ3v) is 6.38. The Morgan fingerprint density at radius 3 is 2.55 bits per heavy atom. The number of carbonyl (C=O) groups excluding carboxylic acids is 2. The van der Waals surface area contributed by atoms with Gasteiger partial charge in [0, 0.05) is 34.9 Å². The van der Waals surface area contributed by atoms with Gasteiger partial charge in [-0.25, -0.2) is 4.98 Å². The number of amides is 2. The fourth-order valence-electron chi connectivity index (χ4n) is 3.97. The summed E-state index contributed by atoms with van der Waals surface area (Å²) in [4.78, 5) is 32.2. The van der Waals surface area contributed by atoms with E-state index in [1.54, 1.807) is 4.90 Å². The monoisotopic (exact) mass is 462 g/mol. The lowest BCUT2D eigenvalue weighted by atomic mass is 10.2. The van der Waals surface area contributed by atoms with E-state index in [9.17, 15) is 9.59 Å². The van der Waals surface area contributed by atoms with E-state index in [0.717, 1.165) is 48.2 Å². The number of hydrogen-bond donors (Lipinski definition) is 1. The van der Waals surface area contributed by atoms with E-state index in [-0.39, 0.29) is 24.3 Å². The molecule has 33 heavy (non-hydrogen) atoms. The van der Waals surface area contributed by atoms with Gasteiger partial charge in [-0.05, 0) is 68.4 Å². The normalized spacial score (nSPS) is 15.3. The summed E-state index contributed by atoms with van der Waals surface area (Å²) in [6.07, 6.45) is 6.05. The Labute approximate surface area is 198 Å². The maximum absolute atomic E-state index is 13.0. The second kappa shape index (κ2) is 9.02. The lowest BCUT2D eigenvalue weighted by Gasteiger charge is -2.22. The molecule has 6 nitrogen and oxygen atoms in total. The molecule has 0 radical (unpaired) electrons. The molecule has 2 fully saturated rings. The standard InChI is InChI=1S/C26H27ClN4O2/c1-17-3-2-4-22(13-17)31-15-23(19-9-11-21(27)12-10-19)28-26(31)29-24(32)16-30(14-18-5-6-18)25(33)20-7-8-20/h2-4,9-13,15,18,20H,5-8,14,16H2,1H3,(H,28,29,32). The molecule has 5 rings (SSSR count). The molecule has 0 bridgehead atoms. The highest BCUT2D eigenvalue weighted by Gasteiger charge is 2.36. The molecule has 1 aromatic heterocycles. The van der Waals surface area contributed by atoms with Gasteiger partial charge >= 0.3 is 0 Å². The van der Waals surface area contributed by atoms with Gasteiger partial charge in [0.25, 0.3) is 0 Å². The predicted molar refractivity (Wildman–Crippen MR) is 129 cm³/mol. The van der Waals surface area contributed by atoms with Gasteiger partial charge in [0.15, 0.2) is 0 Å². The van der Waals surface area contributed by atoms with Gasteiger partial charge in [0.1, 0.15) is 0 Å². The Morgan fingerprint density at radius 2 is 1.88 bits per heavy atom. The first-order valence-electron chi connectivity index (χ1n) is 11.5. The van der Waals surface area contributed by atoms with Gasteiger partial charge in [-0.2, -0.15) is 0 Å². The molecular weight excluding hydrogens is 436 g/mol. The molecule has 2 saturated carbocycles. The highest BCUT2D eigenvalue weighted by Crippen LogP contribution is 2.34. The Kier molecular flexibility index (Phi) is 5.94. The molecule has 2 aliphatic rings. The van der Waals surface area contributed by atoms with Gasteiger partial charge in [-0.1, -0.05) is 35.9 Å². The van der Waals surface area contributed by atoms with Crippen LogP contribution in [-0.4, -0.2) is 39.4 Å². The summed E-state index contributed by atoms with van der Waals surface area (Å²) < 4.78 is 1.88. The van der Waals surface area contributed by atoms with Gasteiger partial charge < -0.3 is 4.90 Å². The fourth-order valence-corrected chi connectivity index (χ4v) is 4.10. The molecule has 7 heteroatoms. The molecule has 1 heterocycles.